The molecule has 0 N–H and O–H groups in total. The van der Waals surface area contributed by atoms with Crippen LogP contribution >= 0.6 is 0 Å². The van der Waals surface area contributed by atoms with Crippen LogP contribution in [0.1, 0.15) is 34.1 Å². The van der Waals surface area contributed by atoms with Crippen molar-refractivity contribution >= 4 is 11.6 Å². The van der Waals surface area contributed by atoms with Gasteiger partial charge < -0.3 is 4.74 Å². The van der Waals surface area contributed by atoms with Crippen LogP contribution in [0, 0.1) is 5.41 Å². The lowest BCUT2D eigenvalue weighted by Crippen LogP contribution is -2.38. The second-order valence-corrected chi connectivity index (χ2v) is 3.50. The normalized spacial score (nSPS) is 11.4. The highest BCUT2D eigenvalue weighted by Gasteiger charge is 2.35. The van der Waals surface area contributed by atoms with E-state index < -0.39 is 5.41 Å². The van der Waals surface area contributed by atoms with Gasteiger partial charge in [-0.05, 0) is 27.2 Å². The Hall–Kier alpha value is -0.700. The van der Waals surface area contributed by atoms with E-state index in [0.29, 0.717) is 6.61 Å². The van der Waals surface area contributed by atoms with E-state index in [9.17, 15) is 9.59 Å². The van der Waals surface area contributed by atoms with Crippen LogP contribution < -0.4 is 0 Å². The van der Waals surface area contributed by atoms with Gasteiger partial charge in [0, 0.05) is 6.61 Å². The van der Waals surface area contributed by atoms with E-state index in [1.807, 2.05) is 6.92 Å². The Bertz CT molecular complexity index is 182. The molecule has 0 aliphatic carbocycles. The van der Waals surface area contributed by atoms with E-state index in [1.54, 1.807) is 6.92 Å². The first-order valence-electron chi connectivity index (χ1n) is 4.55. The number of Topliss-reactive ketones (excluding diaryl/α,β-unsaturated/α-hetero) is 2. The third-order valence-electron chi connectivity index (χ3n) is 2.29. The average molecular weight is 186 g/mol. The summed E-state index contributed by atoms with van der Waals surface area (Å²) in [5.41, 5.74) is -0.949. The van der Waals surface area contributed by atoms with Crippen molar-refractivity contribution < 1.29 is 14.3 Å². The SMILES string of the molecule is CCCOCC(C)(C(C)=O)C(C)=O. The molecule has 0 fully saturated rings. The Labute approximate surface area is 79.5 Å². The summed E-state index contributed by atoms with van der Waals surface area (Å²) in [6.45, 7) is 7.27. The van der Waals surface area contributed by atoms with Gasteiger partial charge in [-0.25, -0.2) is 0 Å². The van der Waals surface area contributed by atoms with Crippen molar-refractivity contribution in [3.8, 4) is 0 Å². The highest BCUT2D eigenvalue weighted by Crippen LogP contribution is 2.19. The number of ketones is 2. The second-order valence-electron chi connectivity index (χ2n) is 3.50. The van der Waals surface area contributed by atoms with Gasteiger partial charge in [0.25, 0.3) is 0 Å². The van der Waals surface area contributed by atoms with Gasteiger partial charge in [-0.2, -0.15) is 0 Å². The molecule has 0 spiro atoms. The van der Waals surface area contributed by atoms with Crippen molar-refractivity contribution in [1.29, 1.82) is 0 Å². The maximum atomic E-state index is 11.2. The monoisotopic (exact) mass is 186 g/mol. The van der Waals surface area contributed by atoms with Crippen LogP contribution in [0.3, 0.4) is 0 Å². The summed E-state index contributed by atoms with van der Waals surface area (Å²) in [5.74, 6) is -0.257. The highest BCUT2D eigenvalue weighted by molar-refractivity contribution is 6.04. The molecule has 0 aromatic rings. The minimum absolute atomic E-state index is 0.129. The molecule has 0 unspecified atom stereocenters. The van der Waals surface area contributed by atoms with Gasteiger partial charge in [-0.15, -0.1) is 0 Å². The predicted octanol–water partition coefficient (Wildman–Crippen LogP) is 1.60. The minimum Gasteiger partial charge on any atom is -0.380 e. The third kappa shape index (κ3) is 3.27. The molecule has 0 heterocycles. The summed E-state index contributed by atoms with van der Waals surface area (Å²) in [6, 6.07) is 0. The molecule has 0 aromatic carbocycles. The van der Waals surface area contributed by atoms with Gasteiger partial charge in [0.15, 0.2) is 0 Å². The van der Waals surface area contributed by atoms with Gasteiger partial charge in [0.05, 0.1) is 6.61 Å². The summed E-state index contributed by atoms with van der Waals surface area (Å²) in [6.07, 6.45) is 0.895. The van der Waals surface area contributed by atoms with Crippen molar-refractivity contribution in [3.63, 3.8) is 0 Å². The molecule has 0 bridgehead atoms. The van der Waals surface area contributed by atoms with Crippen LogP contribution in [-0.4, -0.2) is 24.8 Å². The minimum atomic E-state index is -0.949. The summed E-state index contributed by atoms with van der Waals surface area (Å²) < 4.78 is 5.23. The molecule has 0 saturated carbocycles. The summed E-state index contributed by atoms with van der Waals surface area (Å²) in [7, 11) is 0. The molecule has 0 saturated heterocycles. The van der Waals surface area contributed by atoms with E-state index in [4.69, 9.17) is 4.74 Å². The Morgan fingerprint density at radius 2 is 1.69 bits per heavy atom. The van der Waals surface area contributed by atoms with Gasteiger partial charge in [0.1, 0.15) is 17.0 Å². The number of carbonyl (C=O) groups is 2. The van der Waals surface area contributed by atoms with Gasteiger partial charge in [-0.1, -0.05) is 6.92 Å². The maximum absolute atomic E-state index is 11.2. The predicted molar refractivity (Wildman–Crippen MR) is 50.6 cm³/mol. The molecule has 0 aromatic heterocycles. The number of hydrogen-bond acceptors (Lipinski definition) is 3. The zero-order valence-corrected chi connectivity index (χ0v) is 8.85. The lowest BCUT2D eigenvalue weighted by molar-refractivity contribution is -0.141. The molecule has 0 atom stereocenters. The van der Waals surface area contributed by atoms with Crippen LogP contribution in [0.15, 0.2) is 0 Å². The zero-order chi connectivity index (χ0) is 10.5. The summed E-state index contributed by atoms with van der Waals surface area (Å²) >= 11 is 0. The molecular formula is C10H18O3. The van der Waals surface area contributed by atoms with Crippen molar-refractivity contribution in [1.82, 2.24) is 0 Å². The quantitative estimate of drug-likeness (QED) is 0.467. The molecule has 3 nitrogen and oxygen atoms in total. The number of hydrogen-bond donors (Lipinski definition) is 0. The first-order valence-corrected chi connectivity index (χ1v) is 4.55. The summed E-state index contributed by atoms with van der Waals surface area (Å²) in [5, 5.41) is 0. The first kappa shape index (κ1) is 12.3. The molecule has 0 aliphatic heterocycles. The molecular weight excluding hydrogens is 168 g/mol. The highest BCUT2D eigenvalue weighted by atomic mass is 16.5. The molecule has 3 heteroatoms. The molecule has 0 aliphatic rings. The second kappa shape index (κ2) is 5.12. The fourth-order valence-electron chi connectivity index (χ4n) is 0.872. The van der Waals surface area contributed by atoms with E-state index in [-0.39, 0.29) is 18.2 Å². The molecule has 13 heavy (non-hydrogen) atoms. The standard InChI is InChI=1S/C10H18O3/c1-5-6-13-7-10(4,8(2)11)9(3)12/h5-7H2,1-4H3. The van der Waals surface area contributed by atoms with Crippen LogP contribution in [0.2, 0.25) is 0 Å². The smallest absolute Gasteiger partial charge is 0.145 e. The zero-order valence-electron chi connectivity index (χ0n) is 8.85. The maximum Gasteiger partial charge on any atom is 0.145 e. The van der Waals surface area contributed by atoms with E-state index in [1.165, 1.54) is 13.8 Å². The van der Waals surface area contributed by atoms with Crippen LogP contribution in [-0.2, 0) is 14.3 Å². The van der Waals surface area contributed by atoms with Crippen molar-refractivity contribution in [2.45, 2.75) is 34.1 Å². The molecule has 0 amide bonds. The topological polar surface area (TPSA) is 43.4 Å². The molecule has 76 valence electrons. The Morgan fingerprint density at radius 3 is 2.00 bits per heavy atom. The van der Waals surface area contributed by atoms with E-state index in [0.717, 1.165) is 6.42 Å². The van der Waals surface area contributed by atoms with Gasteiger partial charge in [-0.3, -0.25) is 9.59 Å². The number of rotatable bonds is 6. The lowest BCUT2D eigenvalue weighted by Gasteiger charge is -2.22. The van der Waals surface area contributed by atoms with E-state index in [2.05, 4.69) is 0 Å². The van der Waals surface area contributed by atoms with Crippen LogP contribution in [0.4, 0.5) is 0 Å². The fraction of sp³-hybridized carbons (Fsp3) is 0.800. The molecule has 0 radical (unpaired) electrons. The lowest BCUT2D eigenvalue weighted by atomic mass is 9.83. The Morgan fingerprint density at radius 1 is 1.23 bits per heavy atom. The van der Waals surface area contributed by atoms with Crippen LogP contribution in [0.25, 0.3) is 0 Å². The van der Waals surface area contributed by atoms with Crippen molar-refractivity contribution in [2.75, 3.05) is 13.2 Å². The third-order valence-corrected chi connectivity index (χ3v) is 2.29. The summed E-state index contributed by atoms with van der Waals surface area (Å²) in [4.78, 5) is 22.4. The van der Waals surface area contributed by atoms with E-state index >= 15 is 0 Å². The number of carbonyl (C=O) groups excluding carboxylic acids is 2. The first-order chi connectivity index (χ1) is 5.95. The van der Waals surface area contributed by atoms with Gasteiger partial charge in [0.2, 0.25) is 0 Å². The molecule has 0 rings (SSSR count). The number of ether oxygens (including phenoxy) is 1. The van der Waals surface area contributed by atoms with Gasteiger partial charge >= 0.3 is 0 Å². The van der Waals surface area contributed by atoms with Crippen molar-refractivity contribution in [3.05, 3.63) is 0 Å². The fourth-order valence-corrected chi connectivity index (χ4v) is 0.872. The van der Waals surface area contributed by atoms with Crippen molar-refractivity contribution in [2.24, 2.45) is 5.41 Å². The van der Waals surface area contributed by atoms with Crippen LogP contribution in [0.5, 0.6) is 0 Å². The Kier molecular flexibility index (Phi) is 4.85. The average Bonchev–Trinajstić information content (AvgIpc) is 2.03. The Balaban J connectivity index is 4.26. The largest absolute Gasteiger partial charge is 0.380 e.